The molecule has 2 N–H and O–H groups in total. The minimum absolute atomic E-state index is 0.297. The topological polar surface area (TPSA) is 26.0 Å². The second-order valence-electron chi connectivity index (χ2n) is 4.71. The van der Waals surface area contributed by atoms with Crippen LogP contribution in [0.2, 0.25) is 0 Å². The van der Waals surface area contributed by atoms with Crippen molar-refractivity contribution in [2.75, 3.05) is 0 Å². The number of allylic oxidation sites excluding steroid dienone is 4. The summed E-state index contributed by atoms with van der Waals surface area (Å²) in [6.45, 7) is 8.94. The van der Waals surface area contributed by atoms with Crippen LogP contribution in [0, 0.1) is 11.3 Å². The van der Waals surface area contributed by atoms with E-state index in [-0.39, 0.29) is 0 Å². The maximum Gasteiger partial charge on any atom is 0.0112 e. The molecule has 0 fully saturated rings. The van der Waals surface area contributed by atoms with Gasteiger partial charge in [-0.05, 0) is 23.8 Å². The molecule has 1 aliphatic rings. The highest BCUT2D eigenvalue weighted by molar-refractivity contribution is 5.27. The first-order chi connectivity index (χ1) is 5.41. The van der Waals surface area contributed by atoms with Gasteiger partial charge in [0.1, 0.15) is 0 Å². The van der Waals surface area contributed by atoms with E-state index in [1.54, 1.807) is 0 Å². The molecule has 0 bridgehead atoms. The summed E-state index contributed by atoms with van der Waals surface area (Å²) in [6, 6.07) is 0. The largest absolute Gasteiger partial charge is 0.402 e. The molecule has 0 aromatic heterocycles. The van der Waals surface area contributed by atoms with Crippen LogP contribution in [0.25, 0.3) is 0 Å². The Morgan fingerprint density at radius 2 is 1.92 bits per heavy atom. The van der Waals surface area contributed by atoms with Gasteiger partial charge in [0, 0.05) is 5.70 Å². The van der Waals surface area contributed by atoms with Crippen LogP contribution >= 0.6 is 0 Å². The monoisotopic (exact) mass is 165 g/mol. The Hall–Kier alpha value is -0.720. The molecule has 0 aromatic carbocycles. The Kier molecular flexibility index (Phi) is 2.31. The molecule has 0 heterocycles. The molecule has 0 spiro atoms. The molecule has 1 nitrogen and oxygen atoms in total. The standard InChI is InChI=1S/C11H19N/c1-8-7-9(11(2,3)4)5-6-10(8)12/h5-6,8H,7,12H2,1-4H3. The Balaban J connectivity index is 2.84. The van der Waals surface area contributed by atoms with Crippen LogP contribution in [0.1, 0.15) is 34.1 Å². The van der Waals surface area contributed by atoms with Gasteiger partial charge in [0.15, 0.2) is 0 Å². The third-order valence-electron chi connectivity index (χ3n) is 2.54. The number of nitrogens with two attached hydrogens (primary N) is 1. The Morgan fingerprint density at radius 3 is 2.33 bits per heavy atom. The predicted molar refractivity (Wildman–Crippen MR) is 53.6 cm³/mol. The molecule has 1 rings (SSSR count). The van der Waals surface area contributed by atoms with Gasteiger partial charge in [-0.15, -0.1) is 0 Å². The lowest BCUT2D eigenvalue weighted by molar-refractivity contribution is 0.454. The van der Waals surface area contributed by atoms with Crippen molar-refractivity contribution in [1.82, 2.24) is 0 Å². The molecule has 0 saturated carbocycles. The quantitative estimate of drug-likeness (QED) is 0.587. The van der Waals surface area contributed by atoms with E-state index in [0.717, 1.165) is 12.1 Å². The summed E-state index contributed by atoms with van der Waals surface area (Å²) in [6.07, 6.45) is 5.34. The molecule has 0 amide bonds. The van der Waals surface area contributed by atoms with E-state index >= 15 is 0 Å². The zero-order valence-corrected chi connectivity index (χ0v) is 8.52. The van der Waals surface area contributed by atoms with E-state index in [1.807, 2.05) is 0 Å². The van der Waals surface area contributed by atoms with Crippen molar-refractivity contribution in [1.29, 1.82) is 0 Å². The molecule has 1 unspecified atom stereocenters. The fraction of sp³-hybridized carbons (Fsp3) is 0.636. The van der Waals surface area contributed by atoms with Crippen molar-refractivity contribution in [2.45, 2.75) is 34.1 Å². The first-order valence-corrected chi connectivity index (χ1v) is 4.58. The summed E-state index contributed by atoms with van der Waals surface area (Å²) >= 11 is 0. The van der Waals surface area contributed by atoms with Gasteiger partial charge in [-0.3, -0.25) is 0 Å². The van der Waals surface area contributed by atoms with Crippen molar-refractivity contribution in [3.05, 3.63) is 23.4 Å². The van der Waals surface area contributed by atoms with Gasteiger partial charge in [0.2, 0.25) is 0 Å². The lowest BCUT2D eigenvalue weighted by Crippen LogP contribution is -2.19. The molecular weight excluding hydrogens is 146 g/mol. The van der Waals surface area contributed by atoms with Gasteiger partial charge < -0.3 is 5.73 Å². The number of hydrogen-bond donors (Lipinski definition) is 1. The number of rotatable bonds is 0. The Bertz CT molecular complexity index is 228. The highest BCUT2D eigenvalue weighted by Crippen LogP contribution is 2.34. The van der Waals surface area contributed by atoms with E-state index in [0.29, 0.717) is 11.3 Å². The van der Waals surface area contributed by atoms with Crippen LogP contribution < -0.4 is 5.73 Å². The van der Waals surface area contributed by atoms with Crippen LogP contribution in [0.3, 0.4) is 0 Å². The van der Waals surface area contributed by atoms with Crippen molar-refractivity contribution >= 4 is 0 Å². The SMILES string of the molecule is CC1CC(C(C)(C)C)=CC=C1N. The molecule has 1 atom stereocenters. The maximum atomic E-state index is 5.80. The summed E-state index contributed by atoms with van der Waals surface area (Å²) in [5.74, 6) is 0.518. The Labute approximate surface area is 75.3 Å². The third-order valence-corrected chi connectivity index (χ3v) is 2.54. The summed E-state index contributed by atoms with van der Waals surface area (Å²) in [5.41, 5.74) is 8.62. The summed E-state index contributed by atoms with van der Waals surface area (Å²) in [5, 5.41) is 0. The normalized spacial score (nSPS) is 24.8. The molecule has 0 radical (unpaired) electrons. The fourth-order valence-electron chi connectivity index (χ4n) is 1.43. The van der Waals surface area contributed by atoms with Crippen LogP contribution in [-0.4, -0.2) is 0 Å². The van der Waals surface area contributed by atoms with E-state index in [2.05, 4.69) is 39.8 Å². The van der Waals surface area contributed by atoms with E-state index in [1.165, 1.54) is 5.57 Å². The molecule has 12 heavy (non-hydrogen) atoms. The zero-order valence-electron chi connectivity index (χ0n) is 8.52. The summed E-state index contributed by atoms with van der Waals surface area (Å²) < 4.78 is 0. The van der Waals surface area contributed by atoms with Crippen molar-refractivity contribution in [3.8, 4) is 0 Å². The molecular formula is C11H19N. The lowest BCUT2D eigenvalue weighted by Gasteiger charge is -2.28. The van der Waals surface area contributed by atoms with Crippen molar-refractivity contribution < 1.29 is 0 Å². The van der Waals surface area contributed by atoms with Gasteiger partial charge in [-0.2, -0.15) is 0 Å². The molecule has 0 saturated heterocycles. The first-order valence-electron chi connectivity index (χ1n) is 4.58. The average molecular weight is 165 g/mol. The van der Waals surface area contributed by atoms with Gasteiger partial charge in [-0.1, -0.05) is 39.3 Å². The van der Waals surface area contributed by atoms with E-state index < -0.39 is 0 Å². The van der Waals surface area contributed by atoms with E-state index in [9.17, 15) is 0 Å². The van der Waals surface area contributed by atoms with Crippen molar-refractivity contribution in [3.63, 3.8) is 0 Å². The van der Waals surface area contributed by atoms with Crippen LogP contribution in [0.4, 0.5) is 0 Å². The predicted octanol–water partition coefficient (Wildman–Crippen LogP) is 2.84. The Morgan fingerprint density at radius 1 is 1.33 bits per heavy atom. The van der Waals surface area contributed by atoms with Gasteiger partial charge in [-0.25, -0.2) is 0 Å². The van der Waals surface area contributed by atoms with Gasteiger partial charge >= 0.3 is 0 Å². The lowest BCUT2D eigenvalue weighted by atomic mass is 9.78. The second kappa shape index (κ2) is 2.96. The first kappa shape index (κ1) is 9.37. The van der Waals surface area contributed by atoms with Crippen molar-refractivity contribution in [2.24, 2.45) is 17.1 Å². The maximum absolute atomic E-state index is 5.80. The van der Waals surface area contributed by atoms with E-state index in [4.69, 9.17) is 5.73 Å². The van der Waals surface area contributed by atoms with Crippen LogP contribution in [0.15, 0.2) is 23.4 Å². The molecule has 0 aromatic rings. The molecule has 1 heteroatoms. The van der Waals surface area contributed by atoms with Gasteiger partial charge in [0.25, 0.3) is 0 Å². The zero-order chi connectivity index (χ0) is 9.35. The molecule has 0 aliphatic heterocycles. The average Bonchev–Trinajstić information content (AvgIpc) is 1.92. The number of hydrogen-bond acceptors (Lipinski definition) is 1. The second-order valence-corrected chi connectivity index (χ2v) is 4.71. The summed E-state index contributed by atoms with van der Waals surface area (Å²) in [7, 11) is 0. The molecule has 1 aliphatic carbocycles. The highest BCUT2D eigenvalue weighted by Gasteiger charge is 2.21. The third kappa shape index (κ3) is 1.90. The summed E-state index contributed by atoms with van der Waals surface area (Å²) in [4.78, 5) is 0. The van der Waals surface area contributed by atoms with Crippen LogP contribution in [-0.2, 0) is 0 Å². The highest BCUT2D eigenvalue weighted by atomic mass is 14.6. The fourth-order valence-corrected chi connectivity index (χ4v) is 1.43. The minimum Gasteiger partial charge on any atom is -0.402 e. The molecule has 68 valence electrons. The smallest absolute Gasteiger partial charge is 0.0112 e. The van der Waals surface area contributed by atoms with Gasteiger partial charge in [0.05, 0.1) is 0 Å². The minimum atomic E-state index is 0.297. The van der Waals surface area contributed by atoms with Crippen LogP contribution in [0.5, 0.6) is 0 Å².